The maximum absolute atomic E-state index is 12.0. The molecule has 5 heteroatoms. The van der Waals surface area contributed by atoms with Crippen LogP contribution in [0.5, 0.6) is 0 Å². The zero-order chi connectivity index (χ0) is 12.8. The van der Waals surface area contributed by atoms with E-state index in [0.717, 1.165) is 25.8 Å². The highest BCUT2D eigenvalue weighted by molar-refractivity contribution is 5.76. The first-order valence-corrected chi connectivity index (χ1v) is 6.33. The summed E-state index contributed by atoms with van der Waals surface area (Å²) in [6, 6.07) is -0.134. The Morgan fingerprint density at radius 1 is 1.47 bits per heavy atom. The molecule has 2 unspecified atom stereocenters. The number of nitrogens with zero attached hydrogens (tertiary/aromatic N) is 1. The molecule has 5 nitrogen and oxygen atoms in total. The smallest absolute Gasteiger partial charge is 0.317 e. The van der Waals surface area contributed by atoms with Gasteiger partial charge in [-0.15, -0.1) is 0 Å². The molecule has 17 heavy (non-hydrogen) atoms. The Kier molecular flexibility index (Phi) is 5.25. The number of carboxylic acid groups (broad SMARTS) is 1. The van der Waals surface area contributed by atoms with Crippen LogP contribution in [0.4, 0.5) is 4.79 Å². The molecular formula is C12H22N2O3. The Bertz CT molecular complexity index is 281. The number of rotatable bonds is 4. The number of nitrogens with one attached hydrogen (secondary N) is 1. The number of urea groups is 1. The Morgan fingerprint density at radius 3 is 2.71 bits per heavy atom. The molecule has 0 aromatic rings. The fraction of sp³-hybridized carbons (Fsp3) is 0.833. The first-order chi connectivity index (χ1) is 8.04. The van der Waals surface area contributed by atoms with E-state index in [4.69, 9.17) is 5.11 Å². The third kappa shape index (κ3) is 4.24. The maximum atomic E-state index is 12.0. The van der Waals surface area contributed by atoms with E-state index in [0.29, 0.717) is 6.42 Å². The molecule has 1 aliphatic heterocycles. The van der Waals surface area contributed by atoms with Crippen LogP contribution < -0.4 is 5.32 Å². The lowest BCUT2D eigenvalue weighted by Gasteiger charge is -2.34. The largest absolute Gasteiger partial charge is 0.481 e. The van der Waals surface area contributed by atoms with Crippen LogP contribution in [0.15, 0.2) is 0 Å². The average molecular weight is 242 g/mol. The van der Waals surface area contributed by atoms with Crippen molar-refractivity contribution in [2.45, 2.75) is 58.0 Å². The van der Waals surface area contributed by atoms with Crippen molar-refractivity contribution in [3.63, 3.8) is 0 Å². The second-order valence-electron chi connectivity index (χ2n) is 4.69. The van der Waals surface area contributed by atoms with Gasteiger partial charge >= 0.3 is 12.0 Å². The molecule has 0 radical (unpaired) electrons. The normalized spacial score (nSPS) is 22.0. The van der Waals surface area contributed by atoms with Crippen LogP contribution in [0.3, 0.4) is 0 Å². The van der Waals surface area contributed by atoms with Crippen LogP contribution in [0.2, 0.25) is 0 Å². The standard InChI is InChI=1S/C12H22N2O3/c1-3-10(8-11(15)16)13-12(17)14-7-5-4-6-9(14)2/h9-10H,3-8H2,1-2H3,(H,13,17)(H,15,16). The summed E-state index contributed by atoms with van der Waals surface area (Å²) in [5.74, 6) is -0.871. The molecule has 1 saturated heterocycles. The molecule has 0 saturated carbocycles. The van der Waals surface area contributed by atoms with Gasteiger partial charge in [0.25, 0.3) is 0 Å². The van der Waals surface area contributed by atoms with E-state index in [1.165, 1.54) is 0 Å². The molecular weight excluding hydrogens is 220 g/mol. The van der Waals surface area contributed by atoms with Crippen molar-refractivity contribution >= 4 is 12.0 Å². The van der Waals surface area contributed by atoms with Crippen LogP contribution >= 0.6 is 0 Å². The van der Waals surface area contributed by atoms with Gasteiger partial charge in [0.15, 0.2) is 0 Å². The lowest BCUT2D eigenvalue weighted by molar-refractivity contribution is -0.137. The zero-order valence-corrected chi connectivity index (χ0v) is 10.6. The van der Waals surface area contributed by atoms with Crippen LogP contribution in [-0.2, 0) is 4.79 Å². The van der Waals surface area contributed by atoms with Crippen LogP contribution in [-0.4, -0.2) is 40.6 Å². The van der Waals surface area contributed by atoms with Gasteiger partial charge in [-0.2, -0.15) is 0 Å². The predicted octanol–water partition coefficient (Wildman–Crippen LogP) is 1.82. The maximum Gasteiger partial charge on any atom is 0.317 e. The van der Waals surface area contributed by atoms with Gasteiger partial charge in [-0.05, 0) is 32.6 Å². The topological polar surface area (TPSA) is 69.6 Å². The van der Waals surface area contributed by atoms with Crippen molar-refractivity contribution in [2.75, 3.05) is 6.54 Å². The monoisotopic (exact) mass is 242 g/mol. The summed E-state index contributed by atoms with van der Waals surface area (Å²) in [7, 11) is 0. The summed E-state index contributed by atoms with van der Waals surface area (Å²) >= 11 is 0. The minimum absolute atomic E-state index is 0.00946. The van der Waals surface area contributed by atoms with Crippen molar-refractivity contribution in [1.29, 1.82) is 0 Å². The molecule has 0 spiro atoms. The SMILES string of the molecule is CCC(CC(=O)O)NC(=O)N1CCCCC1C. The Balaban J connectivity index is 2.48. The molecule has 0 aliphatic carbocycles. The lowest BCUT2D eigenvalue weighted by Crippen LogP contribution is -2.50. The predicted molar refractivity (Wildman–Crippen MR) is 64.9 cm³/mol. The number of aliphatic carboxylic acids is 1. The molecule has 1 aliphatic rings. The van der Waals surface area contributed by atoms with Gasteiger partial charge in [-0.3, -0.25) is 4.79 Å². The first-order valence-electron chi connectivity index (χ1n) is 6.33. The Labute approximate surface area is 102 Å². The first kappa shape index (κ1) is 13.8. The molecule has 2 amide bonds. The summed E-state index contributed by atoms with van der Waals surface area (Å²) in [4.78, 5) is 24.4. The zero-order valence-electron chi connectivity index (χ0n) is 10.6. The van der Waals surface area contributed by atoms with Gasteiger partial charge in [0.2, 0.25) is 0 Å². The Morgan fingerprint density at radius 2 is 2.18 bits per heavy atom. The van der Waals surface area contributed by atoms with Gasteiger partial charge in [-0.1, -0.05) is 6.92 Å². The van der Waals surface area contributed by atoms with E-state index in [2.05, 4.69) is 5.32 Å². The van der Waals surface area contributed by atoms with E-state index in [1.54, 1.807) is 0 Å². The summed E-state index contributed by atoms with van der Waals surface area (Å²) < 4.78 is 0. The van der Waals surface area contributed by atoms with E-state index < -0.39 is 5.97 Å². The highest BCUT2D eigenvalue weighted by atomic mass is 16.4. The fourth-order valence-electron chi connectivity index (χ4n) is 2.17. The third-order valence-electron chi connectivity index (χ3n) is 3.31. The Hall–Kier alpha value is -1.26. The van der Waals surface area contributed by atoms with Gasteiger partial charge in [0, 0.05) is 18.6 Å². The molecule has 0 bridgehead atoms. The van der Waals surface area contributed by atoms with Crippen molar-refractivity contribution in [1.82, 2.24) is 10.2 Å². The number of amides is 2. The number of hydrogen-bond acceptors (Lipinski definition) is 2. The minimum atomic E-state index is -0.871. The number of carbonyl (C=O) groups is 2. The van der Waals surface area contributed by atoms with Crippen molar-refractivity contribution in [2.24, 2.45) is 0 Å². The minimum Gasteiger partial charge on any atom is -0.481 e. The van der Waals surface area contributed by atoms with Crippen LogP contribution in [0.25, 0.3) is 0 Å². The average Bonchev–Trinajstić information content (AvgIpc) is 2.27. The molecule has 1 heterocycles. The van der Waals surface area contributed by atoms with Gasteiger partial charge < -0.3 is 15.3 Å². The van der Waals surface area contributed by atoms with Crippen LogP contribution in [0, 0.1) is 0 Å². The van der Waals surface area contributed by atoms with Gasteiger partial charge in [0.05, 0.1) is 6.42 Å². The van der Waals surface area contributed by atoms with Gasteiger partial charge in [-0.25, -0.2) is 4.79 Å². The number of hydrogen-bond donors (Lipinski definition) is 2. The van der Waals surface area contributed by atoms with E-state index in [9.17, 15) is 9.59 Å². The van der Waals surface area contributed by atoms with Gasteiger partial charge in [0.1, 0.15) is 0 Å². The van der Waals surface area contributed by atoms with E-state index >= 15 is 0 Å². The number of carbonyl (C=O) groups excluding carboxylic acids is 1. The number of piperidine rings is 1. The quantitative estimate of drug-likeness (QED) is 0.790. The fourth-order valence-corrected chi connectivity index (χ4v) is 2.17. The lowest BCUT2D eigenvalue weighted by atomic mass is 10.0. The van der Waals surface area contributed by atoms with Crippen molar-refractivity contribution in [3.8, 4) is 0 Å². The summed E-state index contributed by atoms with van der Waals surface area (Å²) in [6.45, 7) is 4.70. The van der Waals surface area contributed by atoms with Crippen molar-refractivity contribution < 1.29 is 14.7 Å². The molecule has 1 rings (SSSR count). The van der Waals surface area contributed by atoms with Crippen LogP contribution in [0.1, 0.15) is 46.0 Å². The van der Waals surface area contributed by atoms with E-state index in [1.807, 2.05) is 18.7 Å². The highest BCUT2D eigenvalue weighted by Gasteiger charge is 2.25. The summed E-state index contributed by atoms with van der Waals surface area (Å²) in [5.41, 5.74) is 0. The summed E-state index contributed by atoms with van der Waals surface area (Å²) in [6.07, 6.45) is 3.86. The number of carboxylic acids is 1. The molecule has 0 aromatic heterocycles. The molecule has 98 valence electrons. The molecule has 2 N–H and O–H groups in total. The van der Waals surface area contributed by atoms with Crippen molar-refractivity contribution in [3.05, 3.63) is 0 Å². The second kappa shape index (κ2) is 6.47. The molecule has 1 fully saturated rings. The molecule has 0 aromatic carbocycles. The second-order valence-corrected chi connectivity index (χ2v) is 4.69. The van der Waals surface area contributed by atoms with E-state index in [-0.39, 0.29) is 24.5 Å². The third-order valence-corrected chi connectivity index (χ3v) is 3.31. The number of likely N-dealkylation sites (tertiary alicyclic amines) is 1. The molecule has 2 atom stereocenters. The highest BCUT2D eigenvalue weighted by Crippen LogP contribution is 2.16. The summed E-state index contributed by atoms with van der Waals surface area (Å²) in [5, 5.41) is 11.5.